The fraction of sp³-hybridized carbons (Fsp3) is 0.393. The lowest BCUT2D eigenvalue weighted by Crippen LogP contribution is -1.91. The molecule has 0 amide bonds. The molecule has 0 saturated carbocycles. The van der Waals surface area contributed by atoms with Crippen LogP contribution in [0.4, 0.5) is 13.2 Å². The monoisotopic (exact) mass is 447 g/mol. The first-order chi connectivity index (χ1) is 14.1. The molecule has 32 heavy (non-hydrogen) atoms. The van der Waals surface area contributed by atoms with E-state index in [-0.39, 0.29) is 32.3 Å². The molecule has 3 rings (SSSR count). The van der Waals surface area contributed by atoms with Crippen LogP contribution in [-0.4, -0.2) is 4.98 Å². The molecule has 0 N–H and O–H groups in total. The molecule has 0 aliphatic carbocycles. The van der Waals surface area contributed by atoms with Crippen LogP contribution >= 0.6 is 0 Å². The van der Waals surface area contributed by atoms with Gasteiger partial charge in [-0.05, 0) is 65.3 Å². The first-order valence-electron chi connectivity index (χ1n) is 10.2. The van der Waals surface area contributed by atoms with Gasteiger partial charge in [0.2, 0.25) is 0 Å². The van der Waals surface area contributed by atoms with Crippen molar-refractivity contribution in [3.05, 3.63) is 101 Å². The van der Waals surface area contributed by atoms with Gasteiger partial charge in [0.1, 0.15) is 17.5 Å². The van der Waals surface area contributed by atoms with Crippen LogP contribution in [0.15, 0.2) is 66.9 Å². The molecular formula is C28H40F3N. The fourth-order valence-corrected chi connectivity index (χ4v) is 2.42. The number of nitrogens with zero attached hydrogens (tertiary/aromatic N) is 1. The second-order valence-electron chi connectivity index (χ2n) is 7.97. The van der Waals surface area contributed by atoms with Gasteiger partial charge in [-0.2, -0.15) is 0 Å². The average Bonchev–Trinajstić information content (AvgIpc) is 2.70. The molecule has 0 saturated heterocycles. The lowest BCUT2D eigenvalue weighted by Gasteiger charge is -2.02. The summed E-state index contributed by atoms with van der Waals surface area (Å²) in [5, 5.41) is 0. The SMILES string of the molecule is C.C.CC(C)c1ccc(F)cc1.CC(C)c1ccc(F)cc1.CC(C)c1ccc(F)cn1. The van der Waals surface area contributed by atoms with Gasteiger partial charge >= 0.3 is 0 Å². The number of aromatic nitrogens is 1. The summed E-state index contributed by atoms with van der Waals surface area (Å²) in [6.45, 7) is 12.4. The van der Waals surface area contributed by atoms with E-state index in [2.05, 4.69) is 32.7 Å². The third kappa shape index (κ3) is 12.3. The molecule has 0 fully saturated rings. The number of rotatable bonds is 3. The van der Waals surface area contributed by atoms with Gasteiger partial charge in [0, 0.05) is 5.69 Å². The van der Waals surface area contributed by atoms with E-state index in [4.69, 9.17) is 0 Å². The fourth-order valence-electron chi connectivity index (χ4n) is 2.42. The summed E-state index contributed by atoms with van der Waals surface area (Å²) in [7, 11) is 0. The summed E-state index contributed by atoms with van der Waals surface area (Å²) >= 11 is 0. The second kappa shape index (κ2) is 16.1. The highest BCUT2D eigenvalue weighted by Crippen LogP contribution is 2.14. The normalized spacial score (nSPS) is 9.75. The van der Waals surface area contributed by atoms with E-state index in [1.165, 1.54) is 47.7 Å². The third-order valence-corrected chi connectivity index (χ3v) is 4.42. The Bertz CT molecular complexity index is 720. The predicted octanol–water partition coefficient (Wildman–Crippen LogP) is 9.51. The zero-order chi connectivity index (χ0) is 22.7. The Balaban J connectivity index is 0. The third-order valence-electron chi connectivity index (χ3n) is 4.42. The lowest BCUT2D eigenvalue weighted by molar-refractivity contribution is 0.617. The molecule has 178 valence electrons. The Kier molecular flexibility index (Phi) is 15.9. The van der Waals surface area contributed by atoms with Crippen molar-refractivity contribution in [2.24, 2.45) is 0 Å². The summed E-state index contributed by atoms with van der Waals surface area (Å²) in [6, 6.07) is 16.4. The van der Waals surface area contributed by atoms with E-state index >= 15 is 0 Å². The van der Waals surface area contributed by atoms with Crippen molar-refractivity contribution in [2.45, 2.75) is 74.1 Å². The van der Waals surface area contributed by atoms with Crippen LogP contribution in [0.5, 0.6) is 0 Å². The first-order valence-corrected chi connectivity index (χ1v) is 10.2. The molecule has 0 spiro atoms. The zero-order valence-electron chi connectivity index (χ0n) is 18.7. The van der Waals surface area contributed by atoms with Gasteiger partial charge in [0.05, 0.1) is 6.20 Å². The number of halogens is 3. The maximum absolute atomic E-state index is 12.4. The number of pyridine rings is 1. The molecule has 0 aliphatic heterocycles. The predicted molar refractivity (Wildman–Crippen MR) is 133 cm³/mol. The van der Waals surface area contributed by atoms with Crippen molar-refractivity contribution < 1.29 is 13.2 Å². The molecule has 4 heteroatoms. The van der Waals surface area contributed by atoms with E-state index in [0.29, 0.717) is 17.8 Å². The van der Waals surface area contributed by atoms with Crippen LogP contribution in [-0.2, 0) is 0 Å². The number of hydrogen-bond acceptors (Lipinski definition) is 1. The minimum Gasteiger partial charge on any atom is -0.258 e. The van der Waals surface area contributed by atoms with E-state index in [1.54, 1.807) is 6.07 Å². The maximum atomic E-state index is 12.4. The quantitative estimate of drug-likeness (QED) is 0.389. The van der Waals surface area contributed by atoms with Gasteiger partial charge in [-0.25, -0.2) is 13.2 Å². The highest BCUT2D eigenvalue weighted by atomic mass is 19.1. The molecule has 2 aromatic carbocycles. The van der Waals surface area contributed by atoms with E-state index in [0.717, 1.165) is 5.69 Å². The Labute approximate surface area is 193 Å². The molecule has 1 aromatic heterocycles. The highest BCUT2D eigenvalue weighted by Gasteiger charge is 1.99. The molecule has 0 unspecified atom stereocenters. The molecule has 1 heterocycles. The van der Waals surface area contributed by atoms with Crippen LogP contribution in [0.1, 0.15) is 91.0 Å². The zero-order valence-corrected chi connectivity index (χ0v) is 18.7. The summed E-state index contributed by atoms with van der Waals surface area (Å²) in [4.78, 5) is 3.90. The largest absolute Gasteiger partial charge is 0.258 e. The molecule has 0 atom stereocenters. The minimum absolute atomic E-state index is 0. The van der Waals surface area contributed by atoms with Crippen LogP contribution in [0.25, 0.3) is 0 Å². The topological polar surface area (TPSA) is 12.9 Å². The Morgan fingerprint density at radius 3 is 1.09 bits per heavy atom. The minimum atomic E-state index is -0.274. The standard InChI is InChI=1S/2C9H11F.C8H10FN.2CH4/c2*1-7(2)8-3-5-9(10)6-4-8;1-6(2)8-4-3-7(9)5-10-8;;/h2*3-7H,1-2H3;3-6H,1-2H3;2*1H4. The maximum Gasteiger partial charge on any atom is 0.141 e. The van der Waals surface area contributed by atoms with E-state index in [1.807, 2.05) is 38.1 Å². The van der Waals surface area contributed by atoms with Crippen LogP contribution < -0.4 is 0 Å². The summed E-state index contributed by atoms with van der Waals surface area (Å²) in [5.41, 5.74) is 3.30. The summed E-state index contributed by atoms with van der Waals surface area (Å²) in [5.74, 6) is 0.750. The van der Waals surface area contributed by atoms with Gasteiger partial charge in [-0.15, -0.1) is 0 Å². The molecule has 1 nitrogen and oxygen atoms in total. The molecule has 0 bridgehead atoms. The van der Waals surface area contributed by atoms with Crippen molar-refractivity contribution in [1.29, 1.82) is 0 Å². The lowest BCUT2D eigenvalue weighted by atomic mass is 10.0. The van der Waals surface area contributed by atoms with Crippen LogP contribution in [0.2, 0.25) is 0 Å². The molecule has 0 radical (unpaired) electrons. The summed E-state index contributed by atoms with van der Waals surface area (Å²) in [6.07, 6.45) is 1.25. The molecule has 3 aromatic rings. The van der Waals surface area contributed by atoms with Crippen molar-refractivity contribution in [3.63, 3.8) is 0 Å². The van der Waals surface area contributed by atoms with Gasteiger partial charge in [-0.1, -0.05) is 80.7 Å². The van der Waals surface area contributed by atoms with E-state index in [9.17, 15) is 13.2 Å². The Hall–Kier alpha value is -2.62. The van der Waals surface area contributed by atoms with Crippen molar-refractivity contribution in [3.8, 4) is 0 Å². The second-order valence-corrected chi connectivity index (χ2v) is 7.97. The smallest absolute Gasteiger partial charge is 0.141 e. The Morgan fingerprint density at radius 1 is 0.500 bits per heavy atom. The van der Waals surface area contributed by atoms with Crippen LogP contribution in [0, 0.1) is 17.5 Å². The number of benzene rings is 2. The molecular weight excluding hydrogens is 407 g/mol. The highest BCUT2D eigenvalue weighted by molar-refractivity contribution is 5.19. The van der Waals surface area contributed by atoms with E-state index < -0.39 is 0 Å². The van der Waals surface area contributed by atoms with Crippen molar-refractivity contribution in [1.82, 2.24) is 4.98 Å². The van der Waals surface area contributed by atoms with Gasteiger partial charge in [0.15, 0.2) is 0 Å². The average molecular weight is 448 g/mol. The number of hydrogen-bond donors (Lipinski definition) is 0. The van der Waals surface area contributed by atoms with Crippen LogP contribution in [0.3, 0.4) is 0 Å². The van der Waals surface area contributed by atoms with Gasteiger partial charge < -0.3 is 0 Å². The van der Waals surface area contributed by atoms with Gasteiger partial charge in [-0.3, -0.25) is 4.98 Å². The first kappa shape index (κ1) is 31.6. The van der Waals surface area contributed by atoms with Crippen molar-refractivity contribution in [2.75, 3.05) is 0 Å². The molecule has 0 aliphatic rings. The van der Waals surface area contributed by atoms with Crippen molar-refractivity contribution >= 4 is 0 Å². The summed E-state index contributed by atoms with van der Waals surface area (Å²) < 4.78 is 37.0. The van der Waals surface area contributed by atoms with Gasteiger partial charge in [0.25, 0.3) is 0 Å². The Morgan fingerprint density at radius 2 is 0.844 bits per heavy atom.